The third-order valence-corrected chi connectivity index (χ3v) is 7.55. The largest absolute Gasteiger partial charge is 0.391 e. The van der Waals surface area contributed by atoms with Crippen LogP contribution in [0.5, 0.6) is 0 Å². The van der Waals surface area contributed by atoms with Gasteiger partial charge in [-0.1, -0.05) is 12.8 Å². The smallest absolute Gasteiger partial charge is 0.220 e. The van der Waals surface area contributed by atoms with Crippen LogP contribution in [0.3, 0.4) is 0 Å². The fourth-order valence-electron chi connectivity index (χ4n) is 5.14. The predicted molar refractivity (Wildman–Crippen MR) is 100 cm³/mol. The maximum absolute atomic E-state index is 12.2. The van der Waals surface area contributed by atoms with Crippen molar-refractivity contribution in [1.82, 2.24) is 9.80 Å². The molecule has 1 aromatic heterocycles. The van der Waals surface area contributed by atoms with Gasteiger partial charge in [-0.25, -0.2) is 0 Å². The third kappa shape index (κ3) is 3.51. The van der Waals surface area contributed by atoms with Crippen molar-refractivity contribution in [3.63, 3.8) is 0 Å². The van der Waals surface area contributed by atoms with Crippen LogP contribution in [0.15, 0.2) is 16.8 Å². The van der Waals surface area contributed by atoms with Crippen LogP contribution in [0.4, 0.5) is 0 Å². The van der Waals surface area contributed by atoms with Crippen molar-refractivity contribution in [2.75, 3.05) is 13.1 Å². The predicted octanol–water partition coefficient (Wildman–Crippen LogP) is 3.25. The summed E-state index contributed by atoms with van der Waals surface area (Å²) in [6.07, 6.45) is 7.92. The van der Waals surface area contributed by atoms with E-state index in [1.807, 2.05) is 0 Å². The first kappa shape index (κ1) is 17.5. The van der Waals surface area contributed by atoms with Crippen LogP contribution in [0.25, 0.3) is 0 Å². The second kappa shape index (κ2) is 7.01. The number of carbonyl (C=O) groups excluding carboxylic acids is 1. The minimum absolute atomic E-state index is 0.134. The highest BCUT2D eigenvalue weighted by atomic mass is 32.1. The minimum atomic E-state index is -0.134. The Morgan fingerprint density at radius 1 is 1.36 bits per heavy atom. The third-order valence-electron chi connectivity index (χ3n) is 6.82. The Kier molecular flexibility index (Phi) is 4.91. The van der Waals surface area contributed by atoms with Crippen molar-refractivity contribution in [2.45, 2.75) is 76.6 Å². The van der Waals surface area contributed by atoms with Crippen LogP contribution in [0.1, 0.15) is 57.4 Å². The first-order valence-electron chi connectivity index (χ1n) is 9.79. The van der Waals surface area contributed by atoms with Crippen LogP contribution in [-0.4, -0.2) is 52.1 Å². The van der Waals surface area contributed by atoms with Gasteiger partial charge in [-0.2, -0.15) is 11.3 Å². The van der Waals surface area contributed by atoms with E-state index in [4.69, 9.17) is 0 Å². The molecule has 0 bridgehead atoms. The number of rotatable bonds is 4. The standard InChI is InChI=1S/C20H30N2O2S/c1-15(23)22(13-16-6-11-25-14-16)19-12-20(19)7-9-21(10-8-20)17-4-2-3-5-18(17)24/h6,11,14,17-19,24H,2-5,7-10,12-13H2,1H3. The van der Waals surface area contributed by atoms with Gasteiger partial charge in [0.25, 0.3) is 0 Å². The molecule has 25 heavy (non-hydrogen) atoms. The molecule has 138 valence electrons. The van der Waals surface area contributed by atoms with Gasteiger partial charge >= 0.3 is 0 Å². The van der Waals surface area contributed by atoms with E-state index in [0.717, 1.165) is 38.9 Å². The Morgan fingerprint density at radius 3 is 2.76 bits per heavy atom. The Hall–Kier alpha value is -0.910. The lowest BCUT2D eigenvalue weighted by Gasteiger charge is -2.42. The summed E-state index contributed by atoms with van der Waals surface area (Å²) in [6, 6.07) is 2.92. The first-order valence-corrected chi connectivity index (χ1v) is 10.7. The lowest BCUT2D eigenvalue weighted by Crippen LogP contribution is -2.50. The van der Waals surface area contributed by atoms with Crippen LogP contribution in [0.2, 0.25) is 0 Å². The van der Waals surface area contributed by atoms with E-state index in [1.54, 1.807) is 18.3 Å². The molecule has 2 heterocycles. The SMILES string of the molecule is CC(=O)N(Cc1ccsc1)C1CC12CCN(C1CCCCC1O)CC2. The summed E-state index contributed by atoms with van der Waals surface area (Å²) in [5.41, 5.74) is 1.60. The van der Waals surface area contributed by atoms with Gasteiger partial charge in [0.1, 0.15) is 0 Å². The van der Waals surface area contributed by atoms with E-state index in [1.165, 1.54) is 31.2 Å². The minimum Gasteiger partial charge on any atom is -0.391 e. The van der Waals surface area contributed by atoms with Crippen LogP contribution in [-0.2, 0) is 11.3 Å². The molecule has 3 unspecified atom stereocenters. The number of thiophene rings is 1. The molecule has 3 fully saturated rings. The first-order chi connectivity index (χ1) is 12.1. The number of hydrogen-bond donors (Lipinski definition) is 1. The fraction of sp³-hybridized carbons (Fsp3) is 0.750. The van der Waals surface area contributed by atoms with E-state index in [0.29, 0.717) is 17.5 Å². The highest BCUT2D eigenvalue weighted by molar-refractivity contribution is 7.07. The summed E-state index contributed by atoms with van der Waals surface area (Å²) < 4.78 is 0. The number of carbonyl (C=O) groups is 1. The zero-order chi connectivity index (χ0) is 17.4. The Bertz CT molecular complexity index is 595. The second-order valence-corrected chi connectivity index (χ2v) is 9.10. The highest BCUT2D eigenvalue weighted by Crippen LogP contribution is 2.57. The molecule has 2 saturated carbocycles. The highest BCUT2D eigenvalue weighted by Gasteiger charge is 2.58. The number of piperidine rings is 1. The van der Waals surface area contributed by atoms with Gasteiger partial charge in [0.15, 0.2) is 0 Å². The average Bonchev–Trinajstić information content (AvgIpc) is 3.04. The van der Waals surface area contributed by atoms with Gasteiger partial charge in [-0.3, -0.25) is 9.69 Å². The summed E-state index contributed by atoms with van der Waals surface area (Å²) >= 11 is 1.70. The fourth-order valence-corrected chi connectivity index (χ4v) is 5.80. The van der Waals surface area contributed by atoms with Crippen LogP contribution in [0, 0.1) is 5.41 Å². The molecule has 1 aromatic rings. The number of aliphatic hydroxyl groups is 1. The normalized spacial score (nSPS) is 31.8. The zero-order valence-electron chi connectivity index (χ0n) is 15.2. The molecule has 0 aromatic carbocycles. The van der Waals surface area contributed by atoms with E-state index < -0.39 is 0 Å². The van der Waals surface area contributed by atoms with Gasteiger partial charge < -0.3 is 10.0 Å². The monoisotopic (exact) mass is 362 g/mol. The van der Waals surface area contributed by atoms with Gasteiger partial charge in [0.05, 0.1) is 6.10 Å². The second-order valence-electron chi connectivity index (χ2n) is 8.32. The topological polar surface area (TPSA) is 43.8 Å². The number of amides is 1. The van der Waals surface area contributed by atoms with Crippen molar-refractivity contribution < 1.29 is 9.90 Å². The van der Waals surface area contributed by atoms with E-state index in [9.17, 15) is 9.90 Å². The molecule has 1 saturated heterocycles. The summed E-state index contributed by atoms with van der Waals surface area (Å²) in [4.78, 5) is 16.9. The molecule has 2 aliphatic carbocycles. The molecule has 1 N–H and O–H groups in total. The lowest BCUT2D eigenvalue weighted by atomic mass is 9.86. The molecule has 1 aliphatic heterocycles. The molecule has 4 rings (SSSR count). The van der Waals surface area contributed by atoms with Gasteiger partial charge in [0, 0.05) is 25.6 Å². The Balaban J connectivity index is 1.36. The van der Waals surface area contributed by atoms with Crippen molar-refractivity contribution in [3.05, 3.63) is 22.4 Å². The number of likely N-dealkylation sites (tertiary alicyclic amines) is 1. The zero-order valence-corrected chi connectivity index (χ0v) is 16.0. The van der Waals surface area contributed by atoms with Crippen molar-refractivity contribution in [1.29, 1.82) is 0 Å². The van der Waals surface area contributed by atoms with E-state index in [2.05, 4.69) is 26.6 Å². The van der Waals surface area contributed by atoms with Crippen molar-refractivity contribution >= 4 is 17.2 Å². The number of nitrogens with zero attached hydrogens (tertiary/aromatic N) is 2. The molecule has 1 spiro atoms. The molecule has 3 atom stereocenters. The molecule has 1 amide bonds. The number of hydrogen-bond acceptors (Lipinski definition) is 4. The maximum Gasteiger partial charge on any atom is 0.220 e. The molecule has 5 heteroatoms. The Morgan fingerprint density at radius 2 is 2.12 bits per heavy atom. The molecule has 0 radical (unpaired) electrons. The van der Waals surface area contributed by atoms with E-state index >= 15 is 0 Å². The maximum atomic E-state index is 12.2. The van der Waals surface area contributed by atoms with E-state index in [-0.39, 0.29) is 12.0 Å². The van der Waals surface area contributed by atoms with Gasteiger partial charge in [-0.05, 0) is 73.0 Å². The van der Waals surface area contributed by atoms with Gasteiger partial charge in [-0.15, -0.1) is 0 Å². The molecule has 4 nitrogen and oxygen atoms in total. The van der Waals surface area contributed by atoms with Crippen LogP contribution >= 0.6 is 11.3 Å². The molecule has 3 aliphatic rings. The Labute approximate surface area is 154 Å². The van der Waals surface area contributed by atoms with Crippen molar-refractivity contribution in [2.24, 2.45) is 5.41 Å². The molecular formula is C20H30N2O2S. The lowest BCUT2D eigenvalue weighted by molar-refractivity contribution is -0.130. The average molecular weight is 363 g/mol. The summed E-state index contributed by atoms with van der Waals surface area (Å²) in [7, 11) is 0. The van der Waals surface area contributed by atoms with Crippen LogP contribution < -0.4 is 0 Å². The summed E-state index contributed by atoms with van der Waals surface area (Å²) in [5.74, 6) is 0.207. The van der Waals surface area contributed by atoms with Gasteiger partial charge in [0.2, 0.25) is 5.91 Å². The quantitative estimate of drug-likeness (QED) is 0.894. The summed E-state index contributed by atoms with van der Waals surface area (Å²) in [5, 5.41) is 14.6. The number of aliphatic hydroxyl groups excluding tert-OH is 1. The summed E-state index contributed by atoms with van der Waals surface area (Å²) in [6.45, 7) is 4.65. The van der Waals surface area contributed by atoms with Crippen molar-refractivity contribution in [3.8, 4) is 0 Å². The molecular weight excluding hydrogens is 332 g/mol.